The number of nitrogens with zero attached hydrogens (tertiary/aromatic N) is 1. The zero-order valence-electron chi connectivity index (χ0n) is 12.2. The zero-order chi connectivity index (χ0) is 14.4. The highest BCUT2D eigenvalue weighted by atomic mass is 16.5. The van der Waals surface area contributed by atoms with Crippen LogP contribution >= 0.6 is 0 Å². The van der Waals surface area contributed by atoms with Gasteiger partial charge in [0.15, 0.2) is 17.5 Å². The lowest BCUT2D eigenvalue weighted by Crippen LogP contribution is -2.32. The van der Waals surface area contributed by atoms with Crippen molar-refractivity contribution in [2.45, 2.75) is 25.8 Å². The Bertz CT molecular complexity index is 470. The Morgan fingerprint density at radius 1 is 1.30 bits per heavy atom. The van der Waals surface area contributed by atoms with Crippen molar-refractivity contribution in [3.05, 3.63) is 23.8 Å². The molecule has 0 unspecified atom stereocenters. The van der Waals surface area contributed by atoms with Crippen LogP contribution < -0.4 is 20.5 Å². The Labute approximate surface area is 120 Å². The van der Waals surface area contributed by atoms with Gasteiger partial charge in [-0.05, 0) is 30.0 Å². The van der Waals surface area contributed by atoms with E-state index in [-0.39, 0.29) is 0 Å². The van der Waals surface area contributed by atoms with Crippen molar-refractivity contribution in [1.82, 2.24) is 5.32 Å². The lowest BCUT2D eigenvalue weighted by molar-refractivity contribution is 0.354. The first-order chi connectivity index (χ1) is 9.72. The highest BCUT2D eigenvalue weighted by Crippen LogP contribution is 2.31. The predicted molar refractivity (Wildman–Crippen MR) is 80.2 cm³/mol. The quantitative estimate of drug-likeness (QED) is 0.590. The van der Waals surface area contributed by atoms with Crippen LogP contribution in [0.15, 0.2) is 23.2 Å². The summed E-state index contributed by atoms with van der Waals surface area (Å²) in [4.78, 5) is 4.33. The molecule has 0 bridgehead atoms. The van der Waals surface area contributed by atoms with Crippen molar-refractivity contribution in [1.29, 1.82) is 0 Å². The van der Waals surface area contributed by atoms with Gasteiger partial charge >= 0.3 is 0 Å². The van der Waals surface area contributed by atoms with Crippen LogP contribution in [-0.2, 0) is 6.54 Å². The first-order valence-corrected chi connectivity index (χ1v) is 6.97. The second-order valence-electron chi connectivity index (χ2n) is 5.05. The molecule has 1 aromatic carbocycles. The number of hydrogen-bond acceptors (Lipinski definition) is 3. The van der Waals surface area contributed by atoms with Crippen molar-refractivity contribution in [2.24, 2.45) is 16.6 Å². The minimum Gasteiger partial charge on any atom is -0.493 e. The monoisotopic (exact) mass is 277 g/mol. The Kier molecular flexibility index (Phi) is 5.09. The average Bonchev–Trinajstić information content (AvgIpc) is 3.29. The van der Waals surface area contributed by atoms with Crippen LogP contribution in [0.2, 0.25) is 0 Å². The molecule has 2 rings (SSSR count). The first kappa shape index (κ1) is 14.5. The van der Waals surface area contributed by atoms with Crippen LogP contribution in [0.3, 0.4) is 0 Å². The van der Waals surface area contributed by atoms with Crippen LogP contribution in [-0.4, -0.2) is 26.7 Å². The lowest BCUT2D eigenvalue weighted by atomic mass is 10.2. The molecule has 0 atom stereocenters. The molecular formula is C15H23N3O2. The fourth-order valence-corrected chi connectivity index (χ4v) is 2.02. The number of guanidine groups is 1. The van der Waals surface area contributed by atoms with Gasteiger partial charge in [-0.25, -0.2) is 4.99 Å². The van der Waals surface area contributed by atoms with Crippen LogP contribution in [0.25, 0.3) is 0 Å². The Morgan fingerprint density at radius 2 is 2.05 bits per heavy atom. The van der Waals surface area contributed by atoms with E-state index in [1.54, 1.807) is 14.2 Å². The topological polar surface area (TPSA) is 68.9 Å². The van der Waals surface area contributed by atoms with Gasteiger partial charge in [-0.1, -0.05) is 18.9 Å². The zero-order valence-corrected chi connectivity index (χ0v) is 12.2. The van der Waals surface area contributed by atoms with E-state index in [4.69, 9.17) is 15.2 Å². The number of nitrogens with one attached hydrogen (secondary N) is 1. The van der Waals surface area contributed by atoms with Crippen molar-refractivity contribution >= 4 is 5.96 Å². The molecule has 0 saturated heterocycles. The smallest absolute Gasteiger partial charge is 0.188 e. The molecular weight excluding hydrogens is 254 g/mol. The molecule has 110 valence electrons. The van der Waals surface area contributed by atoms with E-state index in [1.165, 1.54) is 19.3 Å². The molecule has 1 aliphatic rings. The second-order valence-corrected chi connectivity index (χ2v) is 5.05. The van der Waals surface area contributed by atoms with Crippen LogP contribution in [0.1, 0.15) is 24.8 Å². The van der Waals surface area contributed by atoms with E-state index < -0.39 is 0 Å². The molecule has 1 saturated carbocycles. The number of ether oxygens (including phenoxy) is 2. The summed E-state index contributed by atoms with van der Waals surface area (Å²) in [7, 11) is 3.25. The van der Waals surface area contributed by atoms with Gasteiger partial charge in [-0.15, -0.1) is 0 Å². The number of aliphatic imine (C=N–C) groups is 1. The molecule has 5 nitrogen and oxygen atoms in total. The number of hydrogen-bond donors (Lipinski definition) is 2. The molecule has 5 heteroatoms. The van der Waals surface area contributed by atoms with E-state index in [1.807, 2.05) is 18.2 Å². The van der Waals surface area contributed by atoms with Gasteiger partial charge in [-0.3, -0.25) is 0 Å². The Hall–Kier alpha value is -1.91. The SMILES string of the molecule is COc1ccc(CN=C(N)NCCC2CC2)cc1OC. The summed E-state index contributed by atoms with van der Waals surface area (Å²) < 4.78 is 10.5. The molecule has 1 aromatic rings. The molecule has 1 aliphatic carbocycles. The molecule has 0 aromatic heterocycles. The number of methoxy groups -OCH3 is 2. The van der Waals surface area contributed by atoms with E-state index in [2.05, 4.69) is 10.3 Å². The standard InChI is InChI=1S/C15H23N3O2/c1-19-13-6-5-12(9-14(13)20-2)10-18-15(16)17-8-7-11-3-4-11/h5-6,9,11H,3-4,7-8,10H2,1-2H3,(H3,16,17,18). The maximum atomic E-state index is 5.84. The fourth-order valence-electron chi connectivity index (χ4n) is 2.02. The molecule has 0 amide bonds. The maximum absolute atomic E-state index is 5.84. The predicted octanol–water partition coefficient (Wildman–Crippen LogP) is 1.91. The Morgan fingerprint density at radius 3 is 2.70 bits per heavy atom. The van der Waals surface area contributed by atoms with E-state index >= 15 is 0 Å². The van der Waals surface area contributed by atoms with Gasteiger partial charge in [0.1, 0.15) is 0 Å². The van der Waals surface area contributed by atoms with Gasteiger partial charge in [0.05, 0.1) is 20.8 Å². The highest BCUT2D eigenvalue weighted by Gasteiger charge is 2.20. The minimum atomic E-state index is 0.500. The van der Waals surface area contributed by atoms with Crippen molar-refractivity contribution in [3.8, 4) is 11.5 Å². The van der Waals surface area contributed by atoms with Crippen LogP contribution in [0, 0.1) is 5.92 Å². The summed E-state index contributed by atoms with van der Waals surface area (Å²) in [5.41, 5.74) is 6.87. The lowest BCUT2D eigenvalue weighted by Gasteiger charge is -2.09. The molecule has 0 aliphatic heterocycles. The molecule has 0 radical (unpaired) electrons. The van der Waals surface area contributed by atoms with Gasteiger partial charge in [0, 0.05) is 6.54 Å². The summed E-state index contributed by atoms with van der Waals surface area (Å²) in [6, 6.07) is 5.75. The van der Waals surface area contributed by atoms with Gasteiger partial charge < -0.3 is 20.5 Å². The second kappa shape index (κ2) is 7.03. The largest absolute Gasteiger partial charge is 0.493 e. The summed E-state index contributed by atoms with van der Waals surface area (Å²) in [6.45, 7) is 1.44. The summed E-state index contributed by atoms with van der Waals surface area (Å²) in [5.74, 6) is 2.83. The van der Waals surface area contributed by atoms with Crippen molar-refractivity contribution < 1.29 is 9.47 Å². The summed E-state index contributed by atoms with van der Waals surface area (Å²) in [5, 5.41) is 3.15. The Balaban J connectivity index is 1.84. The van der Waals surface area contributed by atoms with Gasteiger partial charge in [-0.2, -0.15) is 0 Å². The average molecular weight is 277 g/mol. The number of nitrogens with two attached hydrogens (primary N) is 1. The van der Waals surface area contributed by atoms with E-state index in [9.17, 15) is 0 Å². The molecule has 1 fully saturated rings. The molecule has 3 N–H and O–H groups in total. The molecule has 0 spiro atoms. The first-order valence-electron chi connectivity index (χ1n) is 6.97. The molecule has 0 heterocycles. The number of benzene rings is 1. The summed E-state index contributed by atoms with van der Waals surface area (Å²) >= 11 is 0. The van der Waals surface area contributed by atoms with Gasteiger partial charge in [0.25, 0.3) is 0 Å². The maximum Gasteiger partial charge on any atom is 0.188 e. The highest BCUT2D eigenvalue weighted by molar-refractivity contribution is 5.77. The minimum absolute atomic E-state index is 0.500. The third kappa shape index (κ3) is 4.33. The fraction of sp³-hybridized carbons (Fsp3) is 0.533. The molecule has 20 heavy (non-hydrogen) atoms. The number of rotatable bonds is 7. The van der Waals surface area contributed by atoms with Crippen LogP contribution in [0.5, 0.6) is 11.5 Å². The van der Waals surface area contributed by atoms with E-state index in [0.29, 0.717) is 18.3 Å². The third-order valence-electron chi connectivity index (χ3n) is 3.44. The summed E-state index contributed by atoms with van der Waals surface area (Å²) in [6.07, 6.45) is 3.92. The van der Waals surface area contributed by atoms with Crippen molar-refractivity contribution in [3.63, 3.8) is 0 Å². The van der Waals surface area contributed by atoms with Crippen molar-refractivity contribution in [2.75, 3.05) is 20.8 Å². The third-order valence-corrected chi connectivity index (χ3v) is 3.44. The van der Waals surface area contributed by atoms with Crippen LogP contribution in [0.4, 0.5) is 0 Å². The van der Waals surface area contributed by atoms with E-state index in [0.717, 1.165) is 23.8 Å². The normalized spacial score (nSPS) is 15.0. The van der Waals surface area contributed by atoms with Gasteiger partial charge in [0.2, 0.25) is 0 Å².